The number of fused-ring (bicyclic) bond motifs is 3. The van der Waals surface area contributed by atoms with Gasteiger partial charge in [-0.2, -0.15) is 0 Å². The zero-order chi connectivity index (χ0) is 28.5. The Balaban J connectivity index is 0.00000329. The van der Waals surface area contributed by atoms with E-state index in [-0.39, 0.29) is 26.8 Å². The molecule has 0 spiro atoms. The Kier molecular flexibility index (Phi) is 7.75. The van der Waals surface area contributed by atoms with Gasteiger partial charge in [0, 0.05) is 33.6 Å². The van der Waals surface area contributed by atoms with Crippen molar-refractivity contribution in [1.29, 1.82) is 0 Å². The predicted molar refractivity (Wildman–Crippen MR) is 168 cm³/mol. The molecule has 5 nitrogen and oxygen atoms in total. The number of pyridine rings is 2. The summed E-state index contributed by atoms with van der Waals surface area (Å²) in [4.78, 5) is 16.9. The summed E-state index contributed by atoms with van der Waals surface area (Å²) in [6.45, 7) is 2.04. The quantitative estimate of drug-likeness (QED) is 0.0811. The van der Waals surface area contributed by atoms with Crippen molar-refractivity contribution >= 4 is 17.7 Å². The molecule has 212 valence electrons. The molecule has 0 atom stereocenters. The van der Waals surface area contributed by atoms with E-state index in [2.05, 4.69) is 47.7 Å². The van der Waals surface area contributed by atoms with Crippen molar-refractivity contribution in [2.24, 2.45) is 4.99 Å². The zero-order valence-electron chi connectivity index (χ0n) is 23.3. The SMILES string of the molecule is Cc1ccccc1N([C-]=NC1(c2cccc(-c3ccccn3)n2)c2ccccc2-c2ccccc21)c1ccccc1O.[Pt]. The molecule has 0 unspecified atom stereocenters. The molecule has 43 heavy (non-hydrogen) atoms. The van der Waals surface area contributed by atoms with E-state index in [0.717, 1.165) is 50.6 Å². The Labute approximate surface area is 265 Å². The van der Waals surface area contributed by atoms with Crippen LogP contribution in [0.25, 0.3) is 22.5 Å². The van der Waals surface area contributed by atoms with Gasteiger partial charge in [-0.15, -0.1) is 0 Å². The number of hydrogen-bond donors (Lipinski definition) is 1. The van der Waals surface area contributed by atoms with Gasteiger partial charge in [0.2, 0.25) is 0 Å². The van der Waals surface area contributed by atoms with E-state index < -0.39 is 5.54 Å². The average Bonchev–Trinajstić information content (AvgIpc) is 3.34. The maximum absolute atomic E-state index is 10.9. The first kappa shape index (κ1) is 28.3. The van der Waals surface area contributed by atoms with Crippen LogP contribution in [-0.4, -0.2) is 21.4 Å². The maximum atomic E-state index is 10.9. The minimum absolute atomic E-state index is 0. The molecule has 0 fully saturated rings. The molecule has 2 aromatic heterocycles. The molecule has 7 rings (SSSR count). The molecule has 0 aliphatic heterocycles. The van der Waals surface area contributed by atoms with Gasteiger partial charge in [-0.05, 0) is 65.2 Å². The number of aryl methyl sites for hydroxylation is 1. The molecule has 0 amide bonds. The molecule has 0 saturated heterocycles. The van der Waals surface area contributed by atoms with Gasteiger partial charge in [0.15, 0.2) is 0 Å². The molecule has 0 bridgehead atoms. The number of nitrogens with zero attached hydrogens (tertiary/aromatic N) is 4. The maximum Gasteiger partial charge on any atom is 0.141 e. The number of benzene rings is 4. The Morgan fingerprint density at radius 3 is 1.93 bits per heavy atom. The Morgan fingerprint density at radius 2 is 1.26 bits per heavy atom. The first-order valence-electron chi connectivity index (χ1n) is 13.9. The van der Waals surface area contributed by atoms with Gasteiger partial charge in [0.25, 0.3) is 0 Å². The Morgan fingerprint density at radius 1 is 0.651 bits per heavy atom. The summed E-state index contributed by atoms with van der Waals surface area (Å²) >= 11 is 0. The van der Waals surface area contributed by atoms with Crippen molar-refractivity contribution in [1.82, 2.24) is 9.97 Å². The van der Waals surface area contributed by atoms with Crippen molar-refractivity contribution in [2.45, 2.75) is 12.5 Å². The van der Waals surface area contributed by atoms with Crippen LogP contribution < -0.4 is 4.90 Å². The van der Waals surface area contributed by atoms with Gasteiger partial charge in [0.1, 0.15) is 5.54 Å². The van der Waals surface area contributed by atoms with Crippen LogP contribution in [0.3, 0.4) is 0 Å². The number of para-hydroxylation sites is 3. The van der Waals surface area contributed by atoms with Gasteiger partial charge < -0.3 is 15.0 Å². The third-order valence-electron chi connectivity index (χ3n) is 7.77. The van der Waals surface area contributed by atoms with E-state index in [1.807, 2.05) is 103 Å². The summed E-state index contributed by atoms with van der Waals surface area (Å²) in [5.74, 6) is 0.139. The summed E-state index contributed by atoms with van der Waals surface area (Å²) in [7, 11) is 0. The molecule has 4 aromatic carbocycles. The van der Waals surface area contributed by atoms with Crippen LogP contribution in [0.5, 0.6) is 5.75 Å². The molecule has 0 radical (unpaired) electrons. The van der Waals surface area contributed by atoms with Gasteiger partial charge in [-0.3, -0.25) is 4.98 Å². The van der Waals surface area contributed by atoms with Crippen LogP contribution in [0, 0.1) is 6.92 Å². The van der Waals surface area contributed by atoms with Crippen LogP contribution in [-0.2, 0) is 26.6 Å². The van der Waals surface area contributed by atoms with Crippen LogP contribution >= 0.6 is 0 Å². The smallest absolute Gasteiger partial charge is 0.141 e. The number of rotatable bonds is 6. The summed E-state index contributed by atoms with van der Waals surface area (Å²) in [5.41, 5.74) is 8.05. The summed E-state index contributed by atoms with van der Waals surface area (Å²) in [6, 6.07) is 43.8. The number of phenols is 1. The molecule has 0 saturated carbocycles. The summed E-state index contributed by atoms with van der Waals surface area (Å²) in [5, 5.41) is 10.9. The summed E-state index contributed by atoms with van der Waals surface area (Å²) < 4.78 is 0. The fraction of sp³-hybridized carbons (Fsp3) is 0.0541. The van der Waals surface area contributed by atoms with Gasteiger partial charge in [-0.1, -0.05) is 114 Å². The fourth-order valence-electron chi connectivity index (χ4n) is 5.79. The Hall–Kier alpha value is -4.86. The molecular formula is C37H27N4OPt-. The van der Waals surface area contributed by atoms with Crippen LogP contribution in [0.1, 0.15) is 22.4 Å². The normalized spacial score (nSPS) is 12.8. The molecule has 1 aliphatic rings. The molecule has 2 heterocycles. The first-order valence-corrected chi connectivity index (χ1v) is 13.9. The number of phenolic OH excluding ortho intramolecular Hbond substituents is 1. The Bertz CT molecular complexity index is 1850. The second kappa shape index (κ2) is 11.8. The minimum Gasteiger partial charge on any atom is -0.519 e. The monoisotopic (exact) mass is 738 g/mol. The second-order valence-corrected chi connectivity index (χ2v) is 10.2. The predicted octanol–water partition coefficient (Wildman–Crippen LogP) is 8.17. The van der Waals surface area contributed by atoms with Crippen LogP contribution in [0.15, 0.2) is 145 Å². The van der Waals surface area contributed by atoms with Crippen LogP contribution in [0.2, 0.25) is 0 Å². The number of anilines is 2. The van der Waals surface area contributed by atoms with E-state index in [1.54, 1.807) is 12.3 Å². The molecule has 1 N–H and O–H groups in total. The van der Waals surface area contributed by atoms with Crippen molar-refractivity contribution in [3.05, 3.63) is 162 Å². The minimum atomic E-state index is -0.997. The first-order chi connectivity index (χ1) is 20.7. The third-order valence-corrected chi connectivity index (χ3v) is 7.77. The number of aliphatic imine (C=N–C) groups is 1. The molecule has 1 aliphatic carbocycles. The number of aromatic nitrogens is 2. The topological polar surface area (TPSA) is 61.6 Å². The van der Waals surface area contributed by atoms with Crippen molar-refractivity contribution < 1.29 is 26.2 Å². The fourth-order valence-corrected chi connectivity index (χ4v) is 5.79. The van der Waals surface area contributed by atoms with E-state index in [1.165, 1.54) is 0 Å². The molecule has 6 aromatic rings. The molecular weight excluding hydrogens is 712 g/mol. The van der Waals surface area contributed by atoms with E-state index >= 15 is 0 Å². The van der Waals surface area contributed by atoms with E-state index in [0.29, 0.717) is 5.69 Å². The van der Waals surface area contributed by atoms with Crippen LogP contribution in [0.4, 0.5) is 11.4 Å². The number of aromatic hydroxyl groups is 1. The van der Waals surface area contributed by atoms with E-state index in [4.69, 9.17) is 9.98 Å². The largest absolute Gasteiger partial charge is 0.519 e. The van der Waals surface area contributed by atoms with E-state index in [9.17, 15) is 5.11 Å². The average molecular weight is 739 g/mol. The second-order valence-electron chi connectivity index (χ2n) is 10.2. The van der Waals surface area contributed by atoms with Crippen molar-refractivity contribution in [3.63, 3.8) is 0 Å². The van der Waals surface area contributed by atoms with Gasteiger partial charge >= 0.3 is 0 Å². The number of hydrogen-bond acceptors (Lipinski definition) is 4. The standard InChI is InChI=1S/C37H27N4O.Pt/c1-26-13-2-7-20-33(26)41(34-21-8-9-22-35(34)42)25-39-37(36-23-12-19-32(40-36)31-18-10-11-24-38-31)29-16-5-3-14-27(29)28-15-4-6-17-30(28)37;/h2-24,42H,1H3;/q-1;. The summed E-state index contributed by atoms with van der Waals surface area (Å²) in [6.07, 6.45) is 5.17. The molecule has 6 heteroatoms. The van der Waals surface area contributed by atoms with Crippen molar-refractivity contribution in [3.8, 4) is 28.3 Å². The third kappa shape index (κ3) is 4.86. The van der Waals surface area contributed by atoms with Gasteiger partial charge in [-0.25, -0.2) is 4.98 Å². The van der Waals surface area contributed by atoms with Gasteiger partial charge in [0.05, 0.1) is 22.8 Å². The van der Waals surface area contributed by atoms with Crippen molar-refractivity contribution in [2.75, 3.05) is 4.90 Å². The zero-order valence-corrected chi connectivity index (χ0v) is 25.6.